The van der Waals surface area contributed by atoms with Gasteiger partial charge in [0.2, 0.25) is 0 Å². The van der Waals surface area contributed by atoms with Gasteiger partial charge in [0, 0.05) is 12.1 Å². The fraction of sp³-hybridized carbons (Fsp3) is 0.700. The molecule has 0 heterocycles. The second-order valence-corrected chi connectivity index (χ2v) is 8.04. The Morgan fingerprint density at radius 3 is 2.23 bits per heavy atom. The molecule has 4 fully saturated rings. The van der Waals surface area contributed by atoms with Gasteiger partial charge < -0.3 is 10.1 Å². The highest BCUT2D eigenvalue weighted by Gasteiger charge is 2.50. The van der Waals surface area contributed by atoms with Crippen LogP contribution in [0, 0.1) is 17.8 Å². The van der Waals surface area contributed by atoms with Gasteiger partial charge >= 0.3 is 0 Å². The maximum absolute atomic E-state index is 5.37. The van der Waals surface area contributed by atoms with E-state index in [1.807, 2.05) is 0 Å². The zero-order valence-corrected chi connectivity index (χ0v) is 14.0. The van der Waals surface area contributed by atoms with E-state index in [0.29, 0.717) is 5.54 Å². The van der Waals surface area contributed by atoms with E-state index in [0.717, 1.165) is 36.5 Å². The maximum Gasteiger partial charge on any atom is 0.119 e. The summed E-state index contributed by atoms with van der Waals surface area (Å²) in [6, 6.07) is 6.57. The second-order valence-electron chi connectivity index (χ2n) is 8.04. The van der Waals surface area contributed by atoms with Crippen LogP contribution in [0.25, 0.3) is 0 Å². The van der Waals surface area contributed by atoms with Crippen LogP contribution in [-0.4, -0.2) is 12.6 Å². The molecule has 0 aliphatic heterocycles. The quantitative estimate of drug-likeness (QED) is 0.874. The van der Waals surface area contributed by atoms with Gasteiger partial charge in [-0.15, -0.1) is 0 Å². The average molecular weight is 299 g/mol. The van der Waals surface area contributed by atoms with Gasteiger partial charge in [0.1, 0.15) is 5.75 Å². The van der Waals surface area contributed by atoms with E-state index in [1.54, 1.807) is 7.11 Å². The van der Waals surface area contributed by atoms with Crippen molar-refractivity contribution < 1.29 is 4.74 Å². The molecule has 4 saturated carbocycles. The molecule has 0 spiro atoms. The van der Waals surface area contributed by atoms with Gasteiger partial charge in [0.25, 0.3) is 0 Å². The summed E-state index contributed by atoms with van der Waals surface area (Å²) in [5.74, 6) is 4.02. The highest BCUT2D eigenvalue weighted by Crippen LogP contribution is 2.55. The molecule has 0 aromatic heterocycles. The molecule has 0 saturated heterocycles. The topological polar surface area (TPSA) is 21.3 Å². The highest BCUT2D eigenvalue weighted by molar-refractivity contribution is 5.35. The summed E-state index contributed by atoms with van der Waals surface area (Å²) < 4.78 is 5.37. The first-order chi connectivity index (χ1) is 10.7. The molecule has 4 aliphatic rings. The Morgan fingerprint density at radius 1 is 1.05 bits per heavy atom. The van der Waals surface area contributed by atoms with E-state index in [2.05, 4.69) is 30.4 Å². The molecule has 2 nitrogen and oxygen atoms in total. The van der Waals surface area contributed by atoms with E-state index in [-0.39, 0.29) is 0 Å². The summed E-state index contributed by atoms with van der Waals surface area (Å²) >= 11 is 0. The third kappa shape index (κ3) is 2.56. The number of ether oxygens (including phenoxy) is 1. The van der Waals surface area contributed by atoms with Crippen molar-refractivity contribution >= 4 is 0 Å². The van der Waals surface area contributed by atoms with E-state index >= 15 is 0 Å². The molecule has 5 rings (SSSR count). The minimum Gasteiger partial charge on any atom is -0.497 e. The minimum atomic E-state index is 0.458. The fourth-order valence-electron chi connectivity index (χ4n) is 5.84. The van der Waals surface area contributed by atoms with Crippen molar-refractivity contribution in [2.75, 3.05) is 7.11 Å². The Balaban J connectivity index is 1.48. The maximum atomic E-state index is 5.37. The van der Waals surface area contributed by atoms with Crippen molar-refractivity contribution in [2.45, 2.75) is 64.0 Å². The van der Waals surface area contributed by atoms with Crippen LogP contribution < -0.4 is 10.1 Å². The zero-order valence-electron chi connectivity index (χ0n) is 14.0. The summed E-state index contributed by atoms with van der Waals surface area (Å²) in [7, 11) is 1.75. The predicted molar refractivity (Wildman–Crippen MR) is 90.1 cm³/mol. The third-order valence-electron chi connectivity index (χ3n) is 6.49. The standard InChI is InChI=1S/C20H29NO/c1-3-17-9-19(22-2)5-4-18(17)13-21-20-10-14-6-15(11-20)8-16(7-14)12-20/h4-5,9,14-16,21H,3,6-8,10-13H2,1-2H3. The number of benzene rings is 1. The lowest BCUT2D eigenvalue weighted by Crippen LogP contribution is -2.58. The van der Waals surface area contributed by atoms with Crippen molar-refractivity contribution in [1.82, 2.24) is 5.32 Å². The Morgan fingerprint density at radius 2 is 1.68 bits per heavy atom. The number of methoxy groups -OCH3 is 1. The number of rotatable bonds is 5. The lowest BCUT2D eigenvalue weighted by molar-refractivity contribution is -0.0206. The van der Waals surface area contributed by atoms with Crippen LogP contribution >= 0.6 is 0 Å². The zero-order chi connectivity index (χ0) is 15.2. The Kier molecular flexibility index (Phi) is 3.68. The smallest absolute Gasteiger partial charge is 0.119 e. The van der Waals surface area contributed by atoms with Gasteiger partial charge in [0.05, 0.1) is 7.11 Å². The summed E-state index contributed by atoms with van der Waals surface area (Å²) in [6.45, 7) is 3.27. The lowest BCUT2D eigenvalue weighted by Gasteiger charge is -2.57. The second kappa shape index (κ2) is 5.56. The van der Waals surface area contributed by atoms with E-state index in [4.69, 9.17) is 4.74 Å². The fourth-order valence-corrected chi connectivity index (χ4v) is 5.84. The average Bonchev–Trinajstić information content (AvgIpc) is 2.51. The molecule has 22 heavy (non-hydrogen) atoms. The molecule has 4 aliphatic carbocycles. The van der Waals surface area contributed by atoms with Crippen molar-refractivity contribution in [2.24, 2.45) is 17.8 Å². The van der Waals surface area contributed by atoms with Gasteiger partial charge in [-0.25, -0.2) is 0 Å². The molecule has 0 unspecified atom stereocenters. The largest absolute Gasteiger partial charge is 0.497 e. The molecule has 0 amide bonds. The van der Waals surface area contributed by atoms with Gasteiger partial charge in [-0.2, -0.15) is 0 Å². The summed E-state index contributed by atoms with van der Waals surface area (Å²) in [6.07, 6.45) is 9.91. The number of aryl methyl sites for hydroxylation is 1. The number of nitrogens with one attached hydrogen (secondary N) is 1. The molecule has 1 N–H and O–H groups in total. The number of hydrogen-bond acceptors (Lipinski definition) is 2. The highest BCUT2D eigenvalue weighted by atomic mass is 16.5. The van der Waals surface area contributed by atoms with Crippen LogP contribution in [0.5, 0.6) is 5.75 Å². The van der Waals surface area contributed by atoms with Crippen LogP contribution in [0.1, 0.15) is 56.6 Å². The van der Waals surface area contributed by atoms with Gasteiger partial charge in [0.15, 0.2) is 0 Å². The summed E-state index contributed by atoms with van der Waals surface area (Å²) in [4.78, 5) is 0. The van der Waals surface area contributed by atoms with Crippen molar-refractivity contribution in [3.8, 4) is 5.75 Å². The lowest BCUT2D eigenvalue weighted by atomic mass is 9.53. The van der Waals surface area contributed by atoms with E-state index < -0.39 is 0 Å². The molecular weight excluding hydrogens is 270 g/mol. The van der Waals surface area contributed by atoms with Crippen LogP contribution in [0.3, 0.4) is 0 Å². The van der Waals surface area contributed by atoms with Crippen LogP contribution in [-0.2, 0) is 13.0 Å². The SMILES string of the molecule is CCc1cc(OC)ccc1CNC12CC3CC(CC(C3)C1)C2. The third-order valence-corrected chi connectivity index (χ3v) is 6.49. The molecule has 0 radical (unpaired) electrons. The molecular formula is C20H29NO. The molecule has 1 aromatic carbocycles. The van der Waals surface area contributed by atoms with Gasteiger partial charge in [-0.3, -0.25) is 0 Å². The monoisotopic (exact) mass is 299 g/mol. The number of hydrogen-bond donors (Lipinski definition) is 1. The van der Waals surface area contributed by atoms with Crippen LogP contribution in [0.15, 0.2) is 18.2 Å². The minimum absolute atomic E-state index is 0.458. The van der Waals surface area contributed by atoms with Crippen molar-refractivity contribution in [3.63, 3.8) is 0 Å². The summed E-state index contributed by atoms with van der Waals surface area (Å²) in [5.41, 5.74) is 3.34. The molecule has 120 valence electrons. The Labute approximate surface area is 134 Å². The van der Waals surface area contributed by atoms with Gasteiger partial charge in [-0.05, 0) is 86.0 Å². The molecule has 0 atom stereocenters. The van der Waals surface area contributed by atoms with E-state index in [9.17, 15) is 0 Å². The van der Waals surface area contributed by atoms with Crippen LogP contribution in [0.2, 0.25) is 0 Å². The first-order valence-electron chi connectivity index (χ1n) is 9.10. The first kappa shape index (κ1) is 14.6. The van der Waals surface area contributed by atoms with Crippen molar-refractivity contribution in [3.05, 3.63) is 29.3 Å². The van der Waals surface area contributed by atoms with E-state index in [1.165, 1.54) is 49.7 Å². The predicted octanol–water partition coefficient (Wildman–Crippen LogP) is 4.32. The van der Waals surface area contributed by atoms with Gasteiger partial charge in [-0.1, -0.05) is 13.0 Å². The molecule has 1 aromatic rings. The first-order valence-corrected chi connectivity index (χ1v) is 9.10. The molecule has 4 bridgehead atoms. The molecule has 2 heteroatoms. The normalized spacial score (nSPS) is 35.8. The van der Waals surface area contributed by atoms with Crippen LogP contribution in [0.4, 0.5) is 0 Å². The van der Waals surface area contributed by atoms with Crippen molar-refractivity contribution in [1.29, 1.82) is 0 Å². The Bertz CT molecular complexity index is 515. The summed E-state index contributed by atoms with van der Waals surface area (Å²) in [5, 5.41) is 4.01. The Hall–Kier alpha value is -1.02.